The fourth-order valence-electron chi connectivity index (χ4n) is 1.55. The molecule has 98 valence electrons. The summed E-state index contributed by atoms with van der Waals surface area (Å²) in [5.74, 6) is -2.44. The smallest absolute Gasteiger partial charge is 0.341 e. The van der Waals surface area contributed by atoms with E-state index in [2.05, 4.69) is 4.98 Å². The molecule has 0 spiro atoms. The topological polar surface area (TPSA) is 39.2 Å². The molecule has 1 heterocycles. The maximum absolute atomic E-state index is 13.4. The number of rotatable bonds is 3. The van der Waals surface area contributed by atoms with Crippen molar-refractivity contribution in [1.29, 1.82) is 0 Å². The highest BCUT2D eigenvalue weighted by molar-refractivity contribution is 5.89. The molecule has 0 aliphatic carbocycles. The summed E-state index contributed by atoms with van der Waals surface area (Å²) in [7, 11) is 0. The first kappa shape index (κ1) is 13.1. The molecule has 0 fully saturated rings. The van der Waals surface area contributed by atoms with Crippen molar-refractivity contribution in [3.05, 3.63) is 65.5 Å². The second-order valence-electron chi connectivity index (χ2n) is 3.93. The van der Waals surface area contributed by atoms with E-state index in [4.69, 9.17) is 4.74 Å². The van der Waals surface area contributed by atoms with Crippen LogP contribution < -0.4 is 0 Å². The number of aromatic nitrogens is 1. The van der Waals surface area contributed by atoms with Crippen molar-refractivity contribution < 1.29 is 18.3 Å². The molecule has 1 atom stereocenters. The van der Waals surface area contributed by atoms with Gasteiger partial charge < -0.3 is 4.74 Å². The third-order valence-electron chi connectivity index (χ3n) is 2.54. The molecule has 2 rings (SSSR count). The summed E-state index contributed by atoms with van der Waals surface area (Å²) < 4.78 is 31.4. The number of hydrogen-bond donors (Lipinski definition) is 0. The van der Waals surface area contributed by atoms with Crippen LogP contribution in [0.1, 0.15) is 29.1 Å². The van der Waals surface area contributed by atoms with Gasteiger partial charge in [0.2, 0.25) is 0 Å². The van der Waals surface area contributed by atoms with Crippen molar-refractivity contribution in [2.75, 3.05) is 0 Å². The maximum Gasteiger partial charge on any atom is 0.341 e. The van der Waals surface area contributed by atoms with Crippen LogP contribution in [0.15, 0.2) is 42.6 Å². The fourth-order valence-corrected chi connectivity index (χ4v) is 1.55. The number of benzene rings is 1. The summed E-state index contributed by atoms with van der Waals surface area (Å²) in [5.41, 5.74) is 0.107. The fraction of sp³-hybridized carbons (Fsp3) is 0.143. The molecule has 3 nitrogen and oxygen atoms in total. The van der Waals surface area contributed by atoms with Crippen LogP contribution in [-0.4, -0.2) is 11.0 Å². The van der Waals surface area contributed by atoms with E-state index in [1.165, 1.54) is 0 Å². The van der Waals surface area contributed by atoms with Crippen LogP contribution >= 0.6 is 0 Å². The van der Waals surface area contributed by atoms with E-state index >= 15 is 0 Å². The molecule has 0 bridgehead atoms. The van der Waals surface area contributed by atoms with Crippen LogP contribution in [0.2, 0.25) is 0 Å². The van der Waals surface area contributed by atoms with E-state index in [0.717, 1.165) is 18.2 Å². The number of nitrogens with zero attached hydrogens (tertiary/aromatic N) is 1. The van der Waals surface area contributed by atoms with Gasteiger partial charge in [0.15, 0.2) is 0 Å². The minimum absolute atomic E-state index is 0.428. The summed E-state index contributed by atoms with van der Waals surface area (Å²) in [4.78, 5) is 15.8. The summed E-state index contributed by atoms with van der Waals surface area (Å²) in [6.07, 6.45) is 0.916. The second-order valence-corrected chi connectivity index (χ2v) is 3.93. The number of pyridine rings is 1. The van der Waals surface area contributed by atoms with Crippen LogP contribution in [-0.2, 0) is 4.74 Å². The molecular formula is C14H11F2NO2. The van der Waals surface area contributed by atoms with Crippen molar-refractivity contribution >= 4 is 5.97 Å². The number of carbonyl (C=O) groups is 1. The lowest BCUT2D eigenvalue weighted by Crippen LogP contribution is -2.12. The van der Waals surface area contributed by atoms with Crippen LogP contribution in [0, 0.1) is 11.6 Å². The minimum Gasteiger partial charge on any atom is -0.452 e. The van der Waals surface area contributed by atoms with Gasteiger partial charge in [-0.3, -0.25) is 4.98 Å². The molecule has 0 saturated carbocycles. The molecule has 0 N–H and O–H groups in total. The molecule has 0 radical (unpaired) electrons. The van der Waals surface area contributed by atoms with Crippen molar-refractivity contribution in [2.45, 2.75) is 13.0 Å². The quantitative estimate of drug-likeness (QED) is 0.798. The Hall–Kier alpha value is -2.30. The van der Waals surface area contributed by atoms with Gasteiger partial charge in [-0.2, -0.15) is 0 Å². The highest BCUT2D eigenvalue weighted by atomic mass is 19.1. The molecule has 0 aliphatic rings. The SMILES string of the molecule is C[C@@H](OC(=O)c1cc(F)ccc1F)c1ccccn1. The van der Waals surface area contributed by atoms with Gasteiger partial charge in [-0.05, 0) is 37.3 Å². The minimum atomic E-state index is -0.921. The summed E-state index contributed by atoms with van der Waals surface area (Å²) >= 11 is 0. The Morgan fingerprint density at radius 1 is 1.26 bits per heavy atom. The summed E-state index contributed by atoms with van der Waals surface area (Å²) in [5, 5.41) is 0. The molecule has 0 aliphatic heterocycles. The lowest BCUT2D eigenvalue weighted by molar-refractivity contribution is 0.0323. The molecule has 5 heteroatoms. The van der Waals surface area contributed by atoms with Crippen molar-refractivity contribution in [1.82, 2.24) is 4.98 Å². The number of carbonyl (C=O) groups excluding carboxylic acids is 1. The molecule has 0 unspecified atom stereocenters. The number of ether oxygens (including phenoxy) is 1. The Morgan fingerprint density at radius 2 is 2.05 bits per heavy atom. The van der Waals surface area contributed by atoms with Crippen molar-refractivity contribution in [3.8, 4) is 0 Å². The van der Waals surface area contributed by atoms with Crippen LogP contribution in [0.4, 0.5) is 8.78 Å². The Kier molecular flexibility index (Phi) is 3.85. The first-order valence-electron chi connectivity index (χ1n) is 5.65. The highest BCUT2D eigenvalue weighted by Crippen LogP contribution is 2.18. The number of hydrogen-bond acceptors (Lipinski definition) is 3. The number of esters is 1. The molecular weight excluding hydrogens is 252 g/mol. The monoisotopic (exact) mass is 263 g/mol. The van der Waals surface area contributed by atoms with E-state index < -0.39 is 29.3 Å². The van der Waals surface area contributed by atoms with Gasteiger partial charge >= 0.3 is 5.97 Å². The molecule has 1 aromatic heterocycles. The Morgan fingerprint density at radius 3 is 2.74 bits per heavy atom. The molecule has 19 heavy (non-hydrogen) atoms. The van der Waals surface area contributed by atoms with Crippen LogP contribution in [0.3, 0.4) is 0 Å². The first-order valence-corrected chi connectivity index (χ1v) is 5.65. The van der Waals surface area contributed by atoms with Gasteiger partial charge in [-0.25, -0.2) is 13.6 Å². The van der Waals surface area contributed by atoms with Gasteiger partial charge in [0, 0.05) is 6.20 Å². The van der Waals surface area contributed by atoms with Gasteiger partial charge in [-0.15, -0.1) is 0 Å². The molecule has 2 aromatic rings. The Labute approximate surface area is 108 Å². The Bertz CT molecular complexity index is 587. The zero-order valence-electron chi connectivity index (χ0n) is 10.1. The average Bonchev–Trinajstić information content (AvgIpc) is 2.42. The first-order chi connectivity index (χ1) is 9.08. The van der Waals surface area contributed by atoms with E-state index in [1.54, 1.807) is 31.3 Å². The zero-order chi connectivity index (χ0) is 13.8. The van der Waals surface area contributed by atoms with E-state index in [0.29, 0.717) is 5.69 Å². The van der Waals surface area contributed by atoms with Gasteiger partial charge in [-0.1, -0.05) is 6.07 Å². The molecule has 0 saturated heterocycles. The normalized spacial score (nSPS) is 11.9. The van der Waals surface area contributed by atoms with Crippen LogP contribution in [0.25, 0.3) is 0 Å². The zero-order valence-corrected chi connectivity index (χ0v) is 10.1. The molecule has 0 amide bonds. The third kappa shape index (κ3) is 3.13. The second kappa shape index (κ2) is 5.56. The van der Waals surface area contributed by atoms with Crippen molar-refractivity contribution in [2.24, 2.45) is 0 Å². The number of halogens is 2. The van der Waals surface area contributed by atoms with E-state index in [-0.39, 0.29) is 0 Å². The summed E-state index contributed by atoms with van der Waals surface area (Å²) in [6.45, 7) is 1.61. The predicted octanol–water partition coefficient (Wildman–Crippen LogP) is 3.28. The van der Waals surface area contributed by atoms with Crippen LogP contribution in [0.5, 0.6) is 0 Å². The van der Waals surface area contributed by atoms with E-state index in [1.807, 2.05) is 0 Å². The lowest BCUT2D eigenvalue weighted by Gasteiger charge is -2.12. The standard InChI is InChI=1S/C14H11F2NO2/c1-9(13-4-2-3-7-17-13)19-14(18)11-8-10(15)5-6-12(11)16/h2-9H,1H3/t9-/m1/s1. The Balaban J connectivity index is 2.15. The largest absolute Gasteiger partial charge is 0.452 e. The maximum atomic E-state index is 13.4. The predicted molar refractivity (Wildman–Crippen MR) is 64.4 cm³/mol. The summed E-state index contributed by atoms with van der Waals surface area (Å²) in [6, 6.07) is 7.79. The van der Waals surface area contributed by atoms with Gasteiger partial charge in [0.25, 0.3) is 0 Å². The third-order valence-corrected chi connectivity index (χ3v) is 2.54. The highest BCUT2D eigenvalue weighted by Gasteiger charge is 2.18. The van der Waals surface area contributed by atoms with Crippen molar-refractivity contribution in [3.63, 3.8) is 0 Å². The van der Waals surface area contributed by atoms with E-state index in [9.17, 15) is 13.6 Å². The van der Waals surface area contributed by atoms with Gasteiger partial charge in [0.05, 0.1) is 11.3 Å². The van der Waals surface area contributed by atoms with Gasteiger partial charge in [0.1, 0.15) is 17.7 Å². The lowest BCUT2D eigenvalue weighted by atomic mass is 10.2. The molecule has 1 aromatic carbocycles. The average molecular weight is 263 g/mol.